The zero-order chi connectivity index (χ0) is 7.61. The Kier molecular flexibility index (Phi) is 1.80. The van der Waals surface area contributed by atoms with Gasteiger partial charge in [-0.2, -0.15) is 0 Å². The van der Waals surface area contributed by atoms with Gasteiger partial charge >= 0.3 is 0 Å². The van der Waals surface area contributed by atoms with E-state index in [1.807, 2.05) is 0 Å². The molecule has 54 valence electrons. The molecule has 1 rings (SSSR count). The normalized spacial score (nSPS) is 11.4. The lowest BCUT2D eigenvalue weighted by Gasteiger charge is -2.26. The Balaban J connectivity index is 3.09. The maximum atomic E-state index is 10.2. The van der Waals surface area contributed by atoms with Crippen molar-refractivity contribution in [1.82, 2.24) is 9.97 Å². The van der Waals surface area contributed by atoms with Gasteiger partial charge in [-0.1, -0.05) is 0 Å². The summed E-state index contributed by atoms with van der Waals surface area (Å²) in [7, 11) is -4.74. The molecule has 0 aliphatic heterocycles. The van der Waals surface area contributed by atoms with Gasteiger partial charge in [-0.15, -0.1) is 0 Å². The van der Waals surface area contributed by atoms with E-state index < -0.39 is 13.2 Å². The Hall–Kier alpha value is -0.770. The minimum atomic E-state index is -4.74. The lowest BCUT2D eigenvalue weighted by Crippen LogP contribution is -2.28. The van der Waals surface area contributed by atoms with E-state index in [0.29, 0.717) is 0 Å². The van der Waals surface area contributed by atoms with Crippen LogP contribution in [0.2, 0.25) is 0 Å². The Morgan fingerprint density at radius 2 is 1.80 bits per heavy atom. The molecule has 1 heterocycles. The van der Waals surface area contributed by atoms with Gasteiger partial charge in [0.05, 0.1) is 0 Å². The highest BCUT2D eigenvalue weighted by atomic mass is 31.2. The van der Waals surface area contributed by atoms with Crippen molar-refractivity contribution in [3.05, 3.63) is 18.5 Å². The SMILES string of the molecule is O=P([O-])([O-])c1ncccn1. The third kappa shape index (κ3) is 1.60. The highest BCUT2D eigenvalue weighted by Gasteiger charge is 1.96. The van der Waals surface area contributed by atoms with Crippen molar-refractivity contribution in [2.24, 2.45) is 0 Å². The van der Waals surface area contributed by atoms with Gasteiger partial charge in [-0.3, -0.25) is 0 Å². The topological polar surface area (TPSA) is 89.0 Å². The predicted molar refractivity (Wildman–Crippen MR) is 29.3 cm³/mol. The first-order valence-corrected chi connectivity index (χ1v) is 3.94. The molecule has 0 aliphatic carbocycles. The zero-order valence-electron chi connectivity index (χ0n) is 4.80. The van der Waals surface area contributed by atoms with Gasteiger partial charge in [-0.05, 0) is 6.07 Å². The van der Waals surface area contributed by atoms with Crippen molar-refractivity contribution in [3.8, 4) is 0 Å². The number of rotatable bonds is 1. The van der Waals surface area contributed by atoms with Gasteiger partial charge in [0.25, 0.3) is 0 Å². The lowest BCUT2D eigenvalue weighted by molar-refractivity contribution is -0.308. The van der Waals surface area contributed by atoms with E-state index >= 15 is 0 Å². The highest BCUT2D eigenvalue weighted by Crippen LogP contribution is 2.17. The van der Waals surface area contributed by atoms with Crippen molar-refractivity contribution in [1.29, 1.82) is 0 Å². The Morgan fingerprint density at radius 1 is 1.30 bits per heavy atom. The predicted octanol–water partition coefficient (Wildman–Crippen LogP) is -1.98. The summed E-state index contributed by atoms with van der Waals surface area (Å²) >= 11 is 0. The van der Waals surface area contributed by atoms with Crippen LogP contribution in [0, 0.1) is 0 Å². The van der Waals surface area contributed by atoms with Crippen molar-refractivity contribution in [2.75, 3.05) is 0 Å². The lowest BCUT2D eigenvalue weighted by atomic mass is 10.7. The summed E-state index contributed by atoms with van der Waals surface area (Å²) in [6, 6.07) is 1.43. The summed E-state index contributed by atoms with van der Waals surface area (Å²) in [5.41, 5.74) is -0.657. The number of hydrogen-bond acceptors (Lipinski definition) is 5. The number of nitrogens with zero attached hydrogens (tertiary/aromatic N) is 2. The number of hydrogen-bond donors (Lipinski definition) is 0. The standard InChI is InChI=1S/C4H5N2O3P/c7-10(8,9)4-5-2-1-3-6-4/h1-3H,(H2,7,8,9)/p-2. The van der Waals surface area contributed by atoms with E-state index in [4.69, 9.17) is 0 Å². The van der Waals surface area contributed by atoms with Crippen molar-refractivity contribution >= 4 is 13.2 Å². The van der Waals surface area contributed by atoms with Crippen molar-refractivity contribution in [2.45, 2.75) is 0 Å². The molecule has 0 aliphatic rings. The van der Waals surface area contributed by atoms with Crippen molar-refractivity contribution in [3.63, 3.8) is 0 Å². The molecule has 0 bridgehead atoms. The fraction of sp³-hybridized carbons (Fsp3) is 0. The molecular formula is C4H3N2O3P-2. The van der Waals surface area contributed by atoms with E-state index in [1.54, 1.807) is 0 Å². The summed E-state index contributed by atoms with van der Waals surface area (Å²) in [5, 5.41) is 0. The summed E-state index contributed by atoms with van der Waals surface area (Å²) in [6.45, 7) is 0. The van der Waals surface area contributed by atoms with Crippen LogP contribution in [0.25, 0.3) is 0 Å². The molecule has 0 saturated heterocycles. The van der Waals surface area contributed by atoms with Crippen LogP contribution in [0.3, 0.4) is 0 Å². The average Bonchev–Trinajstić information content (AvgIpc) is 1.88. The fourth-order valence-corrected chi connectivity index (χ4v) is 0.849. The molecule has 0 fully saturated rings. The molecule has 0 aromatic carbocycles. The molecule has 0 N–H and O–H groups in total. The smallest absolute Gasteiger partial charge is 0.158 e. The quantitative estimate of drug-likeness (QED) is 0.441. The van der Waals surface area contributed by atoms with Crippen LogP contribution >= 0.6 is 7.60 Å². The molecule has 1 aromatic heterocycles. The molecule has 1 aromatic rings. The van der Waals surface area contributed by atoms with Gasteiger partial charge in [0.2, 0.25) is 0 Å². The van der Waals surface area contributed by atoms with Crippen LogP contribution in [0.5, 0.6) is 0 Å². The maximum Gasteiger partial charge on any atom is 0.158 e. The fourth-order valence-electron chi connectivity index (χ4n) is 0.433. The van der Waals surface area contributed by atoms with Crippen LogP contribution in [0.1, 0.15) is 0 Å². The summed E-state index contributed by atoms with van der Waals surface area (Å²) in [5.74, 6) is 0. The minimum Gasteiger partial charge on any atom is -0.805 e. The molecule has 0 radical (unpaired) electrons. The molecule has 0 spiro atoms. The van der Waals surface area contributed by atoms with Crippen LogP contribution in [0.4, 0.5) is 0 Å². The summed E-state index contributed by atoms with van der Waals surface area (Å²) in [4.78, 5) is 26.9. The Bertz CT molecular complexity index is 256. The third-order valence-electron chi connectivity index (χ3n) is 0.797. The van der Waals surface area contributed by atoms with Gasteiger partial charge in [0.1, 0.15) is 0 Å². The van der Waals surface area contributed by atoms with E-state index in [0.717, 1.165) is 0 Å². The maximum absolute atomic E-state index is 10.2. The van der Waals surface area contributed by atoms with Gasteiger partial charge < -0.3 is 14.4 Å². The third-order valence-corrected chi connectivity index (χ3v) is 1.52. The largest absolute Gasteiger partial charge is 0.805 e. The van der Waals surface area contributed by atoms with Gasteiger partial charge in [0.15, 0.2) is 5.57 Å². The summed E-state index contributed by atoms with van der Waals surface area (Å²) < 4.78 is 10.2. The first-order valence-electron chi connectivity index (χ1n) is 2.40. The second-order valence-corrected chi connectivity index (χ2v) is 2.94. The highest BCUT2D eigenvalue weighted by molar-refractivity contribution is 7.56. The molecular weight excluding hydrogens is 155 g/mol. The molecule has 0 unspecified atom stereocenters. The Labute approximate surface area is 56.9 Å². The second kappa shape index (κ2) is 2.46. The number of aromatic nitrogens is 2. The first-order chi connectivity index (χ1) is 4.61. The van der Waals surface area contributed by atoms with Gasteiger partial charge in [-0.25, -0.2) is 9.97 Å². The zero-order valence-corrected chi connectivity index (χ0v) is 5.69. The first kappa shape index (κ1) is 7.34. The second-order valence-electron chi connectivity index (χ2n) is 1.55. The van der Waals surface area contributed by atoms with E-state index in [-0.39, 0.29) is 0 Å². The average molecular weight is 158 g/mol. The molecule has 10 heavy (non-hydrogen) atoms. The minimum absolute atomic E-state index is 0.657. The van der Waals surface area contributed by atoms with Crippen LogP contribution in [0.15, 0.2) is 18.5 Å². The Morgan fingerprint density at radius 3 is 2.10 bits per heavy atom. The van der Waals surface area contributed by atoms with Crippen LogP contribution < -0.4 is 15.4 Å². The molecule has 0 saturated carbocycles. The van der Waals surface area contributed by atoms with Crippen molar-refractivity contribution < 1.29 is 14.4 Å². The molecule has 5 nitrogen and oxygen atoms in total. The van der Waals surface area contributed by atoms with Gasteiger partial charge in [0, 0.05) is 20.0 Å². The van der Waals surface area contributed by atoms with E-state index in [2.05, 4.69) is 9.97 Å². The van der Waals surface area contributed by atoms with Crippen LogP contribution in [-0.2, 0) is 4.57 Å². The molecule has 0 amide bonds. The van der Waals surface area contributed by atoms with Crippen LogP contribution in [-0.4, -0.2) is 9.97 Å². The van der Waals surface area contributed by atoms with E-state index in [9.17, 15) is 14.4 Å². The van der Waals surface area contributed by atoms with E-state index in [1.165, 1.54) is 18.5 Å². The molecule has 0 atom stereocenters. The monoisotopic (exact) mass is 158 g/mol. The molecule has 6 heteroatoms. The summed E-state index contributed by atoms with van der Waals surface area (Å²) in [6.07, 6.45) is 2.40.